The molecule has 0 radical (unpaired) electrons. The summed E-state index contributed by atoms with van der Waals surface area (Å²) in [5.74, 6) is -1.97. The Bertz CT molecular complexity index is 872. The lowest BCUT2D eigenvalue weighted by Gasteiger charge is -2.11. The molecule has 0 atom stereocenters. The van der Waals surface area contributed by atoms with Crippen molar-refractivity contribution in [2.24, 2.45) is 0 Å². The van der Waals surface area contributed by atoms with Crippen molar-refractivity contribution in [1.82, 2.24) is 0 Å². The summed E-state index contributed by atoms with van der Waals surface area (Å²) in [4.78, 5) is 10.7. The molecule has 0 heterocycles. The maximum atomic E-state index is 13.5. The van der Waals surface area contributed by atoms with Gasteiger partial charge in [0.15, 0.2) is 0 Å². The SMILES string of the molecule is CC(=O)Nc1cc(NS(=O)(=O)c2ccc(F)c(Cl)c2)ccc1F. The van der Waals surface area contributed by atoms with Gasteiger partial charge in [-0.1, -0.05) is 11.6 Å². The average Bonchev–Trinajstić information content (AvgIpc) is 2.44. The summed E-state index contributed by atoms with van der Waals surface area (Å²) in [7, 11) is -4.05. The Morgan fingerprint density at radius 3 is 2.35 bits per heavy atom. The highest BCUT2D eigenvalue weighted by Gasteiger charge is 2.17. The molecule has 0 saturated carbocycles. The first-order valence-corrected chi connectivity index (χ1v) is 8.10. The molecule has 0 spiro atoms. The van der Waals surface area contributed by atoms with Gasteiger partial charge in [-0.25, -0.2) is 17.2 Å². The van der Waals surface area contributed by atoms with Crippen LogP contribution in [0.1, 0.15) is 6.92 Å². The second kappa shape index (κ2) is 6.51. The monoisotopic (exact) mass is 360 g/mol. The highest BCUT2D eigenvalue weighted by molar-refractivity contribution is 7.92. The Balaban J connectivity index is 2.33. The minimum atomic E-state index is -4.05. The Labute approximate surface area is 136 Å². The molecule has 2 aromatic carbocycles. The second-order valence-electron chi connectivity index (χ2n) is 4.56. The molecule has 0 aliphatic heterocycles. The van der Waals surface area contributed by atoms with Gasteiger partial charge in [0.05, 0.1) is 21.3 Å². The predicted molar refractivity (Wildman–Crippen MR) is 82.9 cm³/mol. The number of rotatable bonds is 4. The maximum Gasteiger partial charge on any atom is 0.261 e. The molecule has 122 valence electrons. The fraction of sp³-hybridized carbons (Fsp3) is 0.0714. The second-order valence-corrected chi connectivity index (χ2v) is 6.65. The molecule has 0 unspecified atom stereocenters. The Morgan fingerprint density at radius 1 is 1.09 bits per heavy atom. The quantitative estimate of drug-likeness (QED) is 0.877. The number of sulfonamides is 1. The molecule has 2 rings (SSSR count). The van der Waals surface area contributed by atoms with Crippen LogP contribution in [0.15, 0.2) is 41.3 Å². The number of hydrogen-bond acceptors (Lipinski definition) is 3. The van der Waals surface area contributed by atoms with Crippen LogP contribution >= 0.6 is 11.6 Å². The lowest BCUT2D eigenvalue weighted by atomic mass is 10.2. The Kier molecular flexibility index (Phi) is 4.86. The number of anilines is 2. The number of amides is 1. The van der Waals surface area contributed by atoms with Crippen LogP contribution in [0.25, 0.3) is 0 Å². The average molecular weight is 361 g/mol. The van der Waals surface area contributed by atoms with Crippen LogP contribution in [0.5, 0.6) is 0 Å². The summed E-state index contributed by atoms with van der Waals surface area (Å²) >= 11 is 5.56. The zero-order chi connectivity index (χ0) is 17.2. The Hall–Kier alpha value is -2.19. The van der Waals surface area contributed by atoms with Crippen molar-refractivity contribution in [2.45, 2.75) is 11.8 Å². The van der Waals surface area contributed by atoms with Crippen molar-refractivity contribution in [1.29, 1.82) is 0 Å². The number of carbonyl (C=O) groups excluding carboxylic acids is 1. The largest absolute Gasteiger partial charge is 0.324 e. The van der Waals surface area contributed by atoms with E-state index in [0.717, 1.165) is 30.3 Å². The van der Waals surface area contributed by atoms with E-state index in [2.05, 4.69) is 10.0 Å². The summed E-state index contributed by atoms with van der Waals surface area (Å²) in [5, 5.41) is 1.89. The molecule has 2 N–H and O–H groups in total. The van der Waals surface area contributed by atoms with E-state index in [-0.39, 0.29) is 21.3 Å². The first kappa shape index (κ1) is 17.2. The van der Waals surface area contributed by atoms with Crippen molar-refractivity contribution in [3.63, 3.8) is 0 Å². The molecule has 9 heteroatoms. The standard InChI is InChI=1S/C14H11ClF2N2O3S/c1-8(20)18-14-6-9(2-4-13(14)17)19-23(21,22)10-3-5-12(16)11(15)7-10/h2-7,19H,1H3,(H,18,20). The smallest absolute Gasteiger partial charge is 0.261 e. The van der Waals surface area contributed by atoms with Gasteiger partial charge in [0.1, 0.15) is 11.6 Å². The van der Waals surface area contributed by atoms with Gasteiger partial charge >= 0.3 is 0 Å². The van der Waals surface area contributed by atoms with Crippen LogP contribution in [0, 0.1) is 11.6 Å². The molecule has 0 aliphatic rings. The van der Waals surface area contributed by atoms with Crippen LogP contribution in [0.2, 0.25) is 5.02 Å². The first-order chi connectivity index (χ1) is 10.7. The van der Waals surface area contributed by atoms with Gasteiger partial charge in [0, 0.05) is 6.92 Å². The molecule has 5 nitrogen and oxygen atoms in total. The van der Waals surface area contributed by atoms with Crippen LogP contribution in [0.4, 0.5) is 20.2 Å². The van der Waals surface area contributed by atoms with Crippen molar-refractivity contribution in [2.75, 3.05) is 10.0 Å². The van der Waals surface area contributed by atoms with E-state index in [0.29, 0.717) is 0 Å². The van der Waals surface area contributed by atoms with Crippen molar-refractivity contribution in [3.05, 3.63) is 53.1 Å². The minimum absolute atomic E-state index is 0.0237. The normalized spacial score (nSPS) is 11.1. The van der Waals surface area contributed by atoms with Gasteiger partial charge in [-0.3, -0.25) is 9.52 Å². The van der Waals surface area contributed by atoms with E-state index in [4.69, 9.17) is 11.6 Å². The van der Waals surface area contributed by atoms with Gasteiger partial charge in [0.2, 0.25) is 5.91 Å². The fourth-order valence-corrected chi connectivity index (χ4v) is 3.05. The third-order valence-electron chi connectivity index (χ3n) is 2.73. The molecule has 0 aliphatic carbocycles. The Morgan fingerprint density at radius 2 is 1.74 bits per heavy atom. The van der Waals surface area contributed by atoms with E-state index in [1.807, 2.05) is 0 Å². The van der Waals surface area contributed by atoms with Crippen molar-refractivity contribution >= 4 is 38.9 Å². The van der Waals surface area contributed by atoms with E-state index in [9.17, 15) is 22.0 Å². The zero-order valence-corrected chi connectivity index (χ0v) is 13.3. The molecule has 2 aromatic rings. The summed E-state index contributed by atoms with van der Waals surface area (Å²) in [6.07, 6.45) is 0. The molecular formula is C14H11ClF2N2O3S. The topological polar surface area (TPSA) is 75.3 Å². The third kappa shape index (κ3) is 4.17. The van der Waals surface area contributed by atoms with E-state index in [1.54, 1.807) is 0 Å². The highest BCUT2D eigenvalue weighted by atomic mass is 35.5. The summed E-state index contributed by atoms with van der Waals surface area (Å²) in [6, 6.07) is 6.23. The van der Waals surface area contributed by atoms with Crippen LogP contribution < -0.4 is 10.0 Å². The number of nitrogens with one attached hydrogen (secondary N) is 2. The number of halogens is 3. The van der Waals surface area contributed by atoms with Gasteiger partial charge in [0.25, 0.3) is 10.0 Å². The third-order valence-corrected chi connectivity index (χ3v) is 4.40. The predicted octanol–water partition coefficient (Wildman–Crippen LogP) is 3.38. The number of hydrogen-bond donors (Lipinski definition) is 2. The van der Waals surface area contributed by atoms with E-state index >= 15 is 0 Å². The minimum Gasteiger partial charge on any atom is -0.324 e. The number of benzene rings is 2. The summed E-state index contributed by atoms with van der Waals surface area (Å²) < 4.78 is 53.3. The first-order valence-electron chi connectivity index (χ1n) is 6.24. The van der Waals surface area contributed by atoms with Crippen molar-refractivity contribution < 1.29 is 22.0 Å². The molecule has 1 amide bonds. The van der Waals surface area contributed by atoms with Crippen LogP contribution in [0.3, 0.4) is 0 Å². The van der Waals surface area contributed by atoms with Crippen LogP contribution in [-0.4, -0.2) is 14.3 Å². The molecule has 0 fully saturated rings. The lowest BCUT2D eigenvalue weighted by Crippen LogP contribution is -2.14. The molecule has 23 heavy (non-hydrogen) atoms. The van der Waals surface area contributed by atoms with Crippen molar-refractivity contribution in [3.8, 4) is 0 Å². The van der Waals surface area contributed by atoms with E-state index < -0.39 is 27.6 Å². The summed E-state index contributed by atoms with van der Waals surface area (Å²) in [5.41, 5.74) is -0.148. The highest BCUT2D eigenvalue weighted by Crippen LogP contribution is 2.24. The number of carbonyl (C=O) groups is 1. The van der Waals surface area contributed by atoms with Gasteiger partial charge in [-0.15, -0.1) is 0 Å². The van der Waals surface area contributed by atoms with Gasteiger partial charge in [-0.05, 0) is 36.4 Å². The van der Waals surface area contributed by atoms with E-state index in [1.165, 1.54) is 13.0 Å². The van der Waals surface area contributed by atoms with Gasteiger partial charge < -0.3 is 5.32 Å². The fourth-order valence-electron chi connectivity index (χ4n) is 1.73. The van der Waals surface area contributed by atoms with Gasteiger partial charge in [-0.2, -0.15) is 0 Å². The lowest BCUT2D eigenvalue weighted by molar-refractivity contribution is -0.114. The molecule has 0 aromatic heterocycles. The molecule has 0 saturated heterocycles. The zero-order valence-electron chi connectivity index (χ0n) is 11.7. The maximum absolute atomic E-state index is 13.5. The molecular weight excluding hydrogens is 350 g/mol. The molecule has 0 bridgehead atoms. The summed E-state index contributed by atoms with van der Waals surface area (Å²) in [6.45, 7) is 1.19. The van der Waals surface area contributed by atoms with Crippen LogP contribution in [-0.2, 0) is 14.8 Å².